The van der Waals surface area contributed by atoms with E-state index < -0.39 is 46.8 Å². The highest BCUT2D eigenvalue weighted by Gasteiger charge is 2.70. The first-order chi connectivity index (χ1) is 21.3. The first-order valence-electron chi connectivity index (χ1n) is 15.0. The summed E-state index contributed by atoms with van der Waals surface area (Å²) >= 11 is 0. The van der Waals surface area contributed by atoms with Gasteiger partial charge in [-0.15, -0.1) is 6.58 Å². The molecule has 1 saturated carbocycles. The number of fused-ring (bicyclic) bond motifs is 4. The van der Waals surface area contributed by atoms with E-state index in [-0.39, 0.29) is 24.0 Å². The molecule has 8 nitrogen and oxygen atoms in total. The fourth-order valence-corrected chi connectivity index (χ4v) is 8.17. The van der Waals surface area contributed by atoms with Gasteiger partial charge < -0.3 is 5.11 Å². The Labute approximate surface area is 255 Å². The van der Waals surface area contributed by atoms with Crippen molar-refractivity contribution in [3.63, 3.8) is 0 Å². The molecule has 6 unspecified atom stereocenters. The molecule has 3 aromatic carbocycles. The molecule has 8 heteroatoms. The lowest BCUT2D eigenvalue weighted by atomic mass is 9.49. The van der Waals surface area contributed by atoms with E-state index >= 15 is 4.79 Å². The number of para-hydroxylation sites is 1. The summed E-state index contributed by atoms with van der Waals surface area (Å²) in [7, 11) is 0. The number of hydrogen-bond donors (Lipinski definition) is 3. The summed E-state index contributed by atoms with van der Waals surface area (Å²) in [4.78, 5) is 55.6. The molecule has 3 fully saturated rings. The number of carbonyl (C=O) groups excluding carboxylic acids is 4. The van der Waals surface area contributed by atoms with Gasteiger partial charge >= 0.3 is 0 Å². The molecule has 2 heterocycles. The Kier molecular flexibility index (Phi) is 6.53. The molecule has 0 radical (unpaired) electrons. The highest BCUT2D eigenvalue weighted by Crippen LogP contribution is 2.64. The van der Waals surface area contributed by atoms with E-state index in [1.807, 2.05) is 79.7 Å². The Morgan fingerprint density at radius 2 is 1.73 bits per heavy atom. The van der Waals surface area contributed by atoms with Crippen LogP contribution in [0.25, 0.3) is 0 Å². The zero-order chi connectivity index (χ0) is 30.7. The van der Waals surface area contributed by atoms with Gasteiger partial charge in [0.05, 0.1) is 28.9 Å². The molecule has 0 spiro atoms. The second-order valence-electron chi connectivity index (χ2n) is 12.3. The summed E-state index contributed by atoms with van der Waals surface area (Å²) in [5.74, 6) is -4.75. The van der Waals surface area contributed by atoms with Crippen LogP contribution in [0.4, 0.5) is 5.69 Å². The minimum Gasteiger partial charge on any atom is -0.507 e. The lowest BCUT2D eigenvalue weighted by Crippen LogP contribution is -2.53. The van der Waals surface area contributed by atoms with Crippen LogP contribution in [0.2, 0.25) is 0 Å². The average molecular weight is 588 g/mol. The number of phenolic OH excluding ortho intramolecular Hbond substituents is 1. The van der Waals surface area contributed by atoms with Crippen LogP contribution in [-0.2, 0) is 31.0 Å². The third kappa shape index (κ3) is 3.90. The molecule has 3 aromatic rings. The van der Waals surface area contributed by atoms with Crippen LogP contribution in [0.5, 0.6) is 5.75 Å². The van der Waals surface area contributed by atoms with Crippen molar-refractivity contribution in [2.45, 2.75) is 37.5 Å². The van der Waals surface area contributed by atoms with Crippen LogP contribution < -0.4 is 10.7 Å². The van der Waals surface area contributed by atoms with E-state index in [1.54, 1.807) is 12.1 Å². The smallest absolute Gasteiger partial charge is 0.260 e. The number of imide groups is 2. The van der Waals surface area contributed by atoms with E-state index in [4.69, 9.17) is 0 Å². The summed E-state index contributed by atoms with van der Waals surface area (Å²) in [6.07, 6.45) is 4.63. The lowest BCUT2D eigenvalue weighted by Gasteiger charge is -2.50. The molecular weight excluding hydrogens is 554 g/mol. The molecule has 44 heavy (non-hydrogen) atoms. The van der Waals surface area contributed by atoms with E-state index in [9.17, 15) is 19.5 Å². The third-order valence-electron chi connectivity index (χ3n) is 10.1. The van der Waals surface area contributed by atoms with Crippen molar-refractivity contribution in [1.29, 1.82) is 0 Å². The maximum absolute atomic E-state index is 15.1. The molecule has 3 N–H and O–H groups in total. The van der Waals surface area contributed by atoms with Crippen LogP contribution >= 0.6 is 0 Å². The number of hydrogen-bond acceptors (Lipinski definition) is 6. The number of carbonyl (C=O) groups is 4. The molecule has 2 aliphatic carbocycles. The van der Waals surface area contributed by atoms with Gasteiger partial charge in [0.2, 0.25) is 11.8 Å². The van der Waals surface area contributed by atoms with Crippen LogP contribution in [0.3, 0.4) is 0 Å². The van der Waals surface area contributed by atoms with Gasteiger partial charge in [-0.25, -0.2) is 0 Å². The van der Waals surface area contributed by atoms with Gasteiger partial charge in [0.1, 0.15) is 5.75 Å². The number of anilines is 1. The Bertz CT molecular complexity index is 1750. The van der Waals surface area contributed by atoms with Gasteiger partial charge in [-0.3, -0.25) is 29.9 Å². The number of phenols is 1. The number of rotatable bonds is 6. The van der Waals surface area contributed by atoms with Crippen molar-refractivity contribution in [1.82, 2.24) is 10.3 Å². The van der Waals surface area contributed by atoms with Gasteiger partial charge in [0, 0.05) is 11.5 Å². The summed E-state index contributed by atoms with van der Waals surface area (Å²) in [5.41, 5.74) is 5.91. The first kappa shape index (κ1) is 27.8. The minimum atomic E-state index is -1.42. The maximum atomic E-state index is 15.1. The van der Waals surface area contributed by atoms with E-state index in [2.05, 4.69) is 17.3 Å². The first-order valence-corrected chi connectivity index (χ1v) is 15.0. The Hall–Kier alpha value is -4.98. The Morgan fingerprint density at radius 1 is 0.977 bits per heavy atom. The van der Waals surface area contributed by atoms with Crippen molar-refractivity contribution in [3.05, 3.63) is 119 Å². The lowest BCUT2D eigenvalue weighted by molar-refractivity contribution is -0.138. The zero-order valence-corrected chi connectivity index (χ0v) is 24.3. The molecule has 0 aromatic heterocycles. The van der Waals surface area contributed by atoms with Crippen LogP contribution in [0.1, 0.15) is 41.0 Å². The normalized spacial score (nSPS) is 29.0. The van der Waals surface area contributed by atoms with Crippen molar-refractivity contribution in [3.8, 4) is 5.75 Å². The molecule has 7 rings (SSSR count). The van der Waals surface area contributed by atoms with E-state index in [1.165, 1.54) is 0 Å². The van der Waals surface area contributed by atoms with E-state index in [0.717, 1.165) is 16.1 Å². The number of benzene rings is 3. The molecule has 6 atom stereocenters. The fraction of sp³-hybridized carbons (Fsp3) is 0.278. The predicted octanol–water partition coefficient (Wildman–Crippen LogP) is 4.70. The van der Waals surface area contributed by atoms with Crippen molar-refractivity contribution >= 4 is 29.3 Å². The van der Waals surface area contributed by atoms with Crippen molar-refractivity contribution in [2.24, 2.45) is 23.7 Å². The largest absolute Gasteiger partial charge is 0.507 e. The van der Waals surface area contributed by atoms with Gasteiger partial charge in [0.15, 0.2) is 0 Å². The topological polar surface area (TPSA) is 116 Å². The molecule has 4 aliphatic rings. The Morgan fingerprint density at radius 3 is 2.45 bits per heavy atom. The Balaban J connectivity index is 1.49. The van der Waals surface area contributed by atoms with Crippen molar-refractivity contribution in [2.75, 3.05) is 5.43 Å². The summed E-state index contributed by atoms with van der Waals surface area (Å²) in [6.45, 7) is 5.79. The molecular formula is C36H33N3O5. The quantitative estimate of drug-likeness (QED) is 0.285. The van der Waals surface area contributed by atoms with Gasteiger partial charge in [-0.1, -0.05) is 84.0 Å². The molecule has 2 aliphatic heterocycles. The number of allylic oxidation sites excluding steroid dienone is 3. The number of nitrogens with zero attached hydrogens (tertiary/aromatic N) is 1. The third-order valence-corrected chi connectivity index (χ3v) is 10.1. The molecule has 0 bridgehead atoms. The predicted molar refractivity (Wildman–Crippen MR) is 164 cm³/mol. The fourth-order valence-electron chi connectivity index (χ4n) is 8.17. The second kappa shape index (κ2) is 10.3. The summed E-state index contributed by atoms with van der Waals surface area (Å²) < 4.78 is 0. The number of nitrogens with one attached hydrogen (secondary N) is 2. The van der Waals surface area contributed by atoms with Crippen LogP contribution in [0.15, 0.2) is 97.1 Å². The van der Waals surface area contributed by atoms with Crippen molar-refractivity contribution < 1.29 is 24.3 Å². The molecule has 222 valence electrons. The van der Waals surface area contributed by atoms with Crippen LogP contribution in [0, 0.1) is 30.6 Å². The standard InChI is InChI=1S/C36H33N3O5/c1-3-8-21-9-7-12-26(31(21)40)30-24-17-18-25-29(33(42)37-32(25)41)27(24)19-28-34(43)39(38-23-15-13-20(2)14-16-23)35(44)36(28,30)22-10-5-4-6-11-22/h3-7,9-17,25,27-30,38,40H,1,8,18-19H2,2H3,(H,37,41,42). The number of amides is 4. The number of aromatic hydroxyl groups is 1. The second-order valence-corrected chi connectivity index (χ2v) is 12.3. The van der Waals surface area contributed by atoms with Gasteiger partial charge in [-0.2, -0.15) is 5.01 Å². The van der Waals surface area contributed by atoms with Gasteiger partial charge in [-0.05, 0) is 55.4 Å². The number of aryl methyl sites for hydroxylation is 1. The highest BCUT2D eigenvalue weighted by atomic mass is 16.3. The zero-order valence-electron chi connectivity index (χ0n) is 24.3. The molecule has 2 saturated heterocycles. The van der Waals surface area contributed by atoms with Gasteiger partial charge in [0.25, 0.3) is 11.8 Å². The van der Waals surface area contributed by atoms with E-state index in [0.29, 0.717) is 35.2 Å². The maximum Gasteiger partial charge on any atom is 0.260 e. The SMILES string of the molecule is C=CCc1cccc(C2C3=CCC4C(=O)NC(=O)C4C3CC3C(=O)N(Nc4ccc(C)cc4)C(=O)C32c2ccccc2)c1O. The number of hydrazine groups is 1. The minimum absolute atomic E-state index is 0.0345. The monoisotopic (exact) mass is 587 g/mol. The summed E-state index contributed by atoms with van der Waals surface area (Å²) in [5, 5.41) is 15.4. The molecule has 4 amide bonds. The van der Waals surface area contributed by atoms with Crippen LogP contribution in [-0.4, -0.2) is 33.7 Å². The average Bonchev–Trinajstić information content (AvgIpc) is 3.44. The highest BCUT2D eigenvalue weighted by molar-refractivity contribution is 6.13. The summed E-state index contributed by atoms with van der Waals surface area (Å²) in [6, 6.07) is 22.2.